The Morgan fingerprint density at radius 3 is 2.79 bits per heavy atom. The predicted molar refractivity (Wildman–Crippen MR) is 73.3 cm³/mol. The van der Waals surface area contributed by atoms with Crippen LogP contribution in [0.2, 0.25) is 0 Å². The van der Waals surface area contributed by atoms with Gasteiger partial charge in [0.25, 0.3) is 5.91 Å². The van der Waals surface area contributed by atoms with E-state index < -0.39 is 6.04 Å². The summed E-state index contributed by atoms with van der Waals surface area (Å²) in [6.07, 6.45) is 0. The van der Waals surface area contributed by atoms with Crippen molar-refractivity contribution in [3.63, 3.8) is 0 Å². The first kappa shape index (κ1) is 14.0. The summed E-state index contributed by atoms with van der Waals surface area (Å²) in [6.45, 7) is 5.43. The van der Waals surface area contributed by atoms with E-state index in [1.165, 1.54) is 11.3 Å². The van der Waals surface area contributed by atoms with Crippen LogP contribution in [0, 0.1) is 13.8 Å². The molecule has 2 heterocycles. The average molecular weight is 282 g/mol. The first-order valence-corrected chi connectivity index (χ1v) is 7.03. The van der Waals surface area contributed by atoms with Crippen molar-refractivity contribution in [2.24, 2.45) is 0 Å². The highest BCUT2D eigenvalue weighted by molar-refractivity contribution is 7.13. The topological polar surface area (TPSA) is 74.3 Å². The lowest BCUT2D eigenvalue weighted by atomic mass is 10.1. The Hall–Kier alpha value is -1.47. The van der Waals surface area contributed by atoms with Gasteiger partial charge in [0.05, 0.1) is 10.7 Å². The summed E-state index contributed by atoms with van der Waals surface area (Å²) < 4.78 is 0. The lowest BCUT2D eigenvalue weighted by molar-refractivity contribution is -0.125. The summed E-state index contributed by atoms with van der Waals surface area (Å²) in [5, 5.41) is 6.61. The van der Waals surface area contributed by atoms with Crippen molar-refractivity contribution in [1.82, 2.24) is 20.5 Å². The Morgan fingerprint density at radius 2 is 2.21 bits per heavy atom. The van der Waals surface area contributed by atoms with Crippen molar-refractivity contribution < 1.29 is 9.59 Å². The minimum atomic E-state index is -0.451. The summed E-state index contributed by atoms with van der Waals surface area (Å²) in [6, 6.07) is -0.451. The van der Waals surface area contributed by atoms with E-state index in [4.69, 9.17) is 0 Å². The Morgan fingerprint density at radius 1 is 1.47 bits per heavy atom. The molecule has 1 saturated heterocycles. The average Bonchev–Trinajstić information content (AvgIpc) is 2.76. The van der Waals surface area contributed by atoms with Crippen LogP contribution in [-0.2, 0) is 4.79 Å². The highest BCUT2D eigenvalue weighted by atomic mass is 32.1. The van der Waals surface area contributed by atoms with E-state index in [9.17, 15) is 9.59 Å². The van der Waals surface area contributed by atoms with Gasteiger partial charge in [-0.05, 0) is 13.8 Å². The number of likely N-dealkylation sites (N-methyl/N-ethyl adjacent to an activating group) is 1. The van der Waals surface area contributed by atoms with Gasteiger partial charge in [0.2, 0.25) is 5.91 Å². The molecular weight excluding hydrogens is 264 g/mol. The number of nitrogens with one attached hydrogen (secondary N) is 2. The number of hydrogen-bond acceptors (Lipinski definition) is 5. The number of aromatic nitrogens is 1. The molecule has 0 saturated carbocycles. The maximum Gasteiger partial charge on any atom is 0.266 e. The molecule has 7 heteroatoms. The summed E-state index contributed by atoms with van der Waals surface area (Å²) in [5.41, 5.74) is 0.738. The monoisotopic (exact) mass is 282 g/mol. The molecule has 1 aliphatic heterocycles. The molecule has 1 aromatic rings. The van der Waals surface area contributed by atoms with Crippen molar-refractivity contribution in [2.45, 2.75) is 19.9 Å². The van der Waals surface area contributed by atoms with Crippen LogP contribution >= 0.6 is 11.3 Å². The maximum absolute atomic E-state index is 12.6. The van der Waals surface area contributed by atoms with Crippen LogP contribution in [0.4, 0.5) is 0 Å². The van der Waals surface area contributed by atoms with Gasteiger partial charge >= 0.3 is 0 Å². The third kappa shape index (κ3) is 2.76. The summed E-state index contributed by atoms with van der Waals surface area (Å²) >= 11 is 1.38. The normalized spacial score (nSPS) is 19.3. The molecule has 1 aromatic heterocycles. The fraction of sp³-hybridized carbons (Fsp3) is 0.583. The van der Waals surface area contributed by atoms with Gasteiger partial charge in [-0.2, -0.15) is 0 Å². The highest BCUT2D eigenvalue weighted by Gasteiger charge is 2.33. The van der Waals surface area contributed by atoms with E-state index in [2.05, 4.69) is 15.6 Å². The molecule has 6 nitrogen and oxygen atoms in total. The molecule has 2 rings (SSSR count). The summed E-state index contributed by atoms with van der Waals surface area (Å²) in [4.78, 5) is 30.9. The van der Waals surface area contributed by atoms with Gasteiger partial charge in [-0.25, -0.2) is 4.98 Å². The van der Waals surface area contributed by atoms with E-state index >= 15 is 0 Å². The first-order valence-electron chi connectivity index (χ1n) is 6.22. The van der Waals surface area contributed by atoms with Crippen LogP contribution in [0.15, 0.2) is 0 Å². The van der Waals surface area contributed by atoms with E-state index in [0.717, 1.165) is 10.7 Å². The second-order valence-corrected chi connectivity index (χ2v) is 5.68. The number of nitrogens with zero attached hydrogens (tertiary/aromatic N) is 2. The molecule has 1 atom stereocenters. The minimum Gasteiger partial charge on any atom is -0.357 e. The maximum atomic E-state index is 12.6. The number of carbonyl (C=O) groups excluding carboxylic acids is 2. The number of piperazine rings is 1. The number of aryl methyl sites for hydroxylation is 2. The van der Waals surface area contributed by atoms with Crippen LogP contribution in [0.1, 0.15) is 20.4 Å². The van der Waals surface area contributed by atoms with Crippen molar-refractivity contribution in [3.8, 4) is 0 Å². The molecule has 1 fully saturated rings. The third-order valence-electron chi connectivity index (χ3n) is 3.15. The first-order chi connectivity index (χ1) is 9.04. The molecule has 0 aromatic carbocycles. The molecule has 0 aliphatic carbocycles. The van der Waals surface area contributed by atoms with Crippen LogP contribution in [0.25, 0.3) is 0 Å². The molecule has 2 N–H and O–H groups in total. The van der Waals surface area contributed by atoms with Crippen molar-refractivity contribution in [1.29, 1.82) is 0 Å². The van der Waals surface area contributed by atoms with E-state index in [1.807, 2.05) is 13.8 Å². The summed E-state index contributed by atoms with van der Waals surface area (Å²) in [5.74, 6) is -0.238. The lowest BCUT2D eigenvalue weighted by Crippen LogP contribution is -2.59. The fourth-order valence-electron chi connectivity index (χ4n) is 2.21. The zero-order valence-electron chi connectivity index (χ0n) is 11.3. The predicted octanol–water partition coefficient (Wildman–Crippen LogP) is -0.0801. The Kier molecular flexibility index (Phi) is 4.16. The summed E-state index contributed by atoms with van der Waals surface area (Å²) in [7, 11) is 1.59. The standard InChI is InChI=1S/C12H18N4O2S/c1-7-10(19-8(2)15-7)12(18)16-5-4-14-6-9(16)11(17)13-3/h9,14H,4-6H2,1-3H3,(H,13,17). The Balaban J connectivity index is 2.25. The van der Waals surface area contributed by atoms with Crippen LogP contribution in [0.5, 0.6) is 0 Å². The lowest BCUT2D eigenvalue weighted by Gasteiger charge is -2.34. The minimum absolute atomic E-state index is 0.0989. The number of carbonyl (C=O) groups is 2. The number of hydrogen-bond donors (Lipinski definition) is 2. The van der Waals surface area contributed by atoms with E-state index in [1.54, 1.807) is 11.9 Å². The zero-order valence-corrected chi connectivity index (χ0v) is 12.1. The van der Waals surface area contributed by atoms with Crippen LogP contribution in [0.3, 0.4) is 0 Å². The largest absolute Gasteiger partial charge is 0.357 e. The molecule has 0 bridgehead atoms. The molecule has 19 heavy (non-hydrogen) atoms. The van der Waals surface area contributed by atoms with E-state index in [0.29, 0.717) is 24.5 Å². The van der Waals surface area contributed by atoms with Gasteiger partial charge in [0, 0.05) is 26.7 Å². The molecule has 1 unspecified atom stereocenters. The van der Waals surface area contributed by atoms with Crippen molar-refractivity contribution in [2.75, 3.05) is 26.7 Å². The second-order valence-electron chi connectivity index (χ2n) is 4.48. The zero-order chi connectivity index (χ0) is 14.0. The van der Waals surface area contributed by atoms with Gasteiger partial charge in [0.15, 0.2) is 0 Å². The Bertz CT molecular complexity index is 500. The fourth-order valence-corrected chi connectivity index (χ4v) is 3.08. The quantitative estimate of drug-likeness (QED) is 0.796. The molecule has 2 amide bonds. The SMILES string of the molecule is CNC(=O)C1CNCCN1C(=O)c1sc(C)nc1C. The van der Waals surface area contributed by atoms with Crippen molar-refractivity contribution >= 4 is 23.2 Å². The van der Waals surface area contributed by atoms with Crippen molar-refractivity contribution in [3.05, 3.63) is 15.6 Å². The number of amides is 2. The highest BCUT2D eigenvalue weighted by Crippen LogP contribution is 2.21. The van der Waals surface area contributed by atoms with Crippen LogP contribution in [-0.4, -0.2) is 54.4 Å². The van der Waals surface area contributed by atoms with Crippen LogP contribution < -0.4 is 10.6 Å². The number of thiazole rings is 1. The van der Waals surface area contributed by atoms with Gasteiger partial charge in [-0.15, -0.1) is 11.3 Å². The Labute approximate surface area is 116 Å². The molecule has 104 valence electrons. The smallest absolute Gasteiger partial charge is 0.266 e. The second kappa shape index (κ2) is 5.66. The van der Waals surface area contributed by atoms with Gasteiger partial charge < -0.3 is 15.5 Å². The molecular formula is C12H18N4O2S. The third-order valence-corrected chi connectivity index (χ3v) is 4.21. The van der Waals surface area contributed by atoms with Gasteiger partial charge in [-0.3, -0.25) is 9.59 Å². The molecule has 1 aliphatic rings. The van der Waals surface area contributed by atoms with Gasteiger partial charge in [0.1, 0.15) is 10.9 Å². The van der Waals surface area contributed by atoms with E-state index in [-0.39, 0.29) is 11.8 Å². The van der Waals surface area contributed by atoms with Gasteiger partial charge in [-0.1, -0.05) is 0 Å². The number of rotatable bonds is 2. The molecule has 0 spiro atoms. The molecule has 0 radical (unpaired) electrons.